The quantitative estimate of drug-likeness (QED) is 0.462. The van der Waals surface area contributed by atoms with Crippen LogP contribution in [0.4, 0.5) is 0 Å². The van der Waals surface area contributed by atoms with Crippen LogP contribution in [0.1, 0.15) is 41.5 Å². The van der Waals surface area contributed by atoms with Crippen molar-refractivity contribution in [3.05, 3.63) is 0 Å². The van der Waals surface area contributed by atoms with Gasteiger partial charge >= 0.3 is 0 Å². The first-order chi connectivity index (χ1) is 4.21. The van der Waals surface area contributed by atoms with Crippen molar-refractivity contribution in [2.24, 2.45) is 0 Å². The fourth-order valence-electron chi connectivity index (χ4n) is 0.144. The first-order valence-corrected chi connectivity index (χ1v) is 3.85. The van der Waals surface area contributed by atoms with Gasteiger partial charge in [0.2, 0.25) is 0 Å². The van der Waals surface area contributed by atoms with Crippen molar-refractivity contribution in [2.45, 2.75) is 47.1 Å². The van der Waals surface area contributed by atoms with Crippen LogP contribution in [0.5, 0.6) is 0 Å². The number of hydrogen-bond acceptors (Lipinski definition) is 1. The summed E-state index contributed by atoms with van der Waals surface area (Å²) >= 11 is 0. The van der Waals surface area contributed by atoms with Crippen LogP contribution in [-0.2, 0) is 4.74 Å². The average Bonchev–Trinajstić information content (AvgIpc) is 2.56. The summed E-state index contributed by atoms with van der Waals surface area (Å²) in [4.78, 5) is 0. The number of epoxide rings is 1. The molecule has 1 aliphatic heterocycles. The second-order valence-electron chi connectivity index (χ2n) is 2.05. The van der Waals surface area contributed by atoms with Crippen LogP contribution in [0, 0.1) is 0 Å². The summed E-state index contributed by atoms with van der Waals surface area (Å²) in [6.45, 7) is 13.1. The van der Waals surface area contributed by atoms with Gasteiger partial charge in [0.15, 0.2) is 0 Å². The number of ether oxygens (including phenoxy) is 1. The van der Waals surface area contributed by atoms with E-state index in [4.69, 9.17) is 4.74 Å². The SMILES string of the molecule is CC.CC.CC1(C)CO1. The normalized spacial score (nSPS) is 18.0. The third kappa shape index (κ3) is 11.5. The predicted molar refractivity (Wildman–Crippen MR) is 42.7 cm³/mol. The Kier molecular flexibility index (Phi) is 7.92. The van der Waals surface area contributed by atoms with E-state index in [1.807, 2.05) is 27.7 Å². The molecule has 1 saturated heterocycles. The molecule has 1 aliphatic rings. The highest BCUT2D eigenvalue weighted by atomic mass is 16.6. The van der Waals surface area contributed by atoms with Gasteiger partial charge in [-0.1, -0.05) is 27.7 Å². The zero-order valence-corrected chi connectivity index (χ0v) is 7.62. The van der Waals surface area contributed by atoms with Crippen molar-refractivity contribution in [3.8, 4) is 0 Å². The van der Waals surface area contributed by atoms with Gasteiger partial charge in [-0.3, -0.25) is 0 Å². The van der Waals surface area contributed by atoms with E-state index in [1.54, 1.807) is 0 Å². The Balaban J connectivity index is 0. The fraction of sp³-hybridized carbons (Fsp3) is 1.00. The molecule has 0 aliphatic carbocycles. The van der Waals surface area contributed by atoms with Crippen LogP contribution in [0.2, 0.25) is 0 Å². The average molecular weight is 132 g/mol. The van der Waals surface area contributed by atoms with Crippen molar-refractivity contribution < 1.29 is 4.74 Å². The summed E-state index contributed by atoms with van der Waals surface area (Å²) in [5.41, 5.74) is 0.250. The molecule has 58 valence electrons. The van der Waals surface area contributed by atoms with Gasteiger partial charge in [-0.25, -0.2) is 0 Å². The maximum absolute atomic E-state index is 4.90. The summed E-state index contributed by atoms with van der Waals surface area (Å²) in [6, 6.07) is 0. The van der Waals surface area contributed by atoms with Crippen molar-refractivity contribution in [2.75, 3.05) is 6.61 Å². The van der Waals surface area contributed by atoms with E-state index >= 15 is 0 Å². The molecule has 0 aromatic carbocycles. The smallest absolute Gasteiger partial charge is 0.0860 e. The van der Waals surface area contributed by atoms with Gasteiger partial charge in [0, 0.05) is 0 Å². The van der Waals surface area contributed by atoms with Gasteiger partial charge in [-0.05, 0) is 13.8 Å². The molecule has 0 N–H and O–H groups in total. The summed E-state index contributed by atoms with van der Waals surface area (Å²) in [6.07, 6.45) is 0. The summed E-state index contributed by atoms with van der Waals surface area (Å²) in [5.74, 6) is 0. The molecule has 1 fully saturated rings. The molecule has 1 nitrogen and oxygen atoms in total. The molecule has 0 aromatic heterocycles. The van der Waals surface area contributed by atoms with Crippen molar-refractivity contribution in [3.63, 3.8) is 0 Å². The summed E-state index contributed by atoms with van der Waals surface area (Å²) < 4.78 is 4.90. The molecule has 0 unspecified atom stereocenters. The van der Waals surface area contributed by atoms with Gasteiger partial charge in [0.1, 0.15) is 0 Å². The predicted octanol–water partition coefficient (Wildman–Crippen LogP) is 2.85. The Morgan fingerprint density at radius 2 is 1.11 bits per heavy atom. The topological polar surface area (TPSA) is 12.5 Å². The highest BCUT2D eigenvalue weighted by Crippen LogP contribution is 2.23. The molecule has 0 radical (unpaired) electrons. The zero-order chi connectivity index (χ0) is 7.91. The largest absolute Gasteiger partial charge is 0.370 e. The second-order valence-corrected chi connectivity index (χ2v) is 2.05. The van der Waals surface area contributed by atoms with Gasteiger partial charge in [0.05, 0.1) is 12.2 Å². The van der Waals surface area contributed by atoms with E-state index in [-0.39, 0.29) is 5.60 Å². The Morgan fingerprint density at radius 3 is 1.11 bits per heavy atom. The van der Waals surface area contributed by atoms with Crippen LogP contribution in [-0.4, -0.2) is 12.2 Å². The summed E-state index contributed by atoms with van der Waals surface area (Å²) in [7, 11) is 0. The van der Waals surface area contributed by atoms with Crippen molar-refractivity contribution in [1.82, 2.24) is 0 Å². The zero-order valence-electron chi connectivity index (χ0n) is 7.62. The molecule has 1 heteroatoms. The standard InChI is InChI=1S/C4H8O.2C2H6/c1-4(2)3-5-4;2*1-2/h3H2,1-2H3;2*1-2H3. The van der Waals surface area contributed by atoms with E-state index in [9.17, 15) is 0 Å². The second kappa shape index (κ2) is 6.09. The molecular formula is C8H20O. The van der Waals surface area contributed by atoms with Crippen LogP contribution < -0.4 is 0 Å². The molecule has 1 rings (SSSR count). The van der Waals surface area contributed by atoms with Crippen LogP contribution in [0.15, 0.2) is 0 Å². The van der Waals surface area contributed by atoms with Crippen molar-refractivity contribution in [1.29, 1.82) is 0 Å². The first kappa shape index (κ1) is 11.7. The molecule has 0 aromatic rings. The van der Waals surface area contributed by atoms with Crippen LogP contribution >= 0.6 is 0 Å². The first-order valence-electron chi connectivity index (χ1n) is 3.85. The van der Waals surface area contributed by atoms with Gasteiger partial charge < -0.3 is 4.74 Å². The number of rotatable bonds is 0. The lowest BCUT2D eigenvalue weighted by Gasteiger charge is -1.81. The maximum Gasteiger partial charge on any atom is 0.0860 e. The minimum Gasteiger partial charge on any atom is -0.370 e. The highest BCUT2D eigenvalue weighted by Gasteiger charge is 2.32. The Morgan fingerprint density at radius 1 is 1.00 bits per heavy atom. The Bertz CT molecular complexity index is 42.5. The third-order valence-electron chi connectivity index (χ3n) is 0.722. The minimum atomic E-state index is 0.250. The van der Waals surface area contributed by atoms with Crippen molar-refractivity contribution >= 4 is 0 Å². The monoisotopic (exact) mass is 132 g/mol. The molecule has 0 bridgehead atoms. The minimum absolute atomic E-state index is 0.250. The lowest BCUT2D eigenvalue weighted by Crippen LogP contribution is -1.90. The van der Waals surface area contributed by atoms with E-state index in [0.717, 1.165) is 6.61 Å². The molecule has 9 heavy (non-hydrogen) atoms. The Labute approximate surface area is 59.4 Å². The molecule has 0 atom stereocenters. The highest BCUT2D eigenvalue weighted by molar-refractivity contribution is 4.79. The lowest BCUT2D eigenvalue weighted by atomic mass is 10.3. The maximum atomic E-state index is 4.90. The number of hydrogen-bond donors (Lipinski definition) is 0. The van der Waals surface area contributed by atoms with E-state index in [0.29, 0.717) is 0 Å². The van der Waals surface area contributed by atoms with Crippen LogP contribution in [0.3, 0.4) is 0 Å². The lowest BCUT2D eigenvalue weighted by molar-refractivity contribution is 0.344. The molecule has 0 saturated carbocycles. The molecule has 0 spiro atoms. The van der Waals surface area contributed by atoms with E-state index in [1.165, 1.54) is 0 Å². The van der Waals surface area contributed by atoms with Gasteiger partial charge in [-0.15, -0.1) is 0 Å². The van der Waals surface area contributed by atoms with E-state index < -0.39 is 0 Å². The van der Waals surface area contributed by atoms with E-state index in [2.05, 4.69) is 13.8 Å². The Hall–Kier alpha value is -0.0400. The molecule has 0 amide bonds. The van der Waals surface area contributed by atoms with Gasteiger partial charge in [0.25, 0.3) is 0 Å². The summed E-state index contributed by atoms with van der Waals surface area (Å²) in [5, 5.41) is 0. The molecular weight excluding hydrogens is 112 g/mol. The third-order valence-corrected chi connectivity index (χ3v) is 0.722. The molecule has 1 heterocycles. The van der Waals surface area contributed by atoms with Crippen LogP contribution in [0.25, 0.3) is 0 Å². The fourth-order valence-corrected chi connectivity index (χ4v) is 0.144. The van der Waals surface area contributed by atoms with Gasteiger partial charge in [-0.2, -0.15) is 0 Å².